The Bertz CT molecular complexity index is 1010. The first-order valence-corrected chi connectivity index (χ1v) is 8.95. The molecule has 3 aromatic rings. The molecular weight excluding hydrogens is 414 g/mol. The molecule has 1 aromatic heterocycles. The number of hydrogen-bond acceptors (Lipinski definition) is 6. The highest BCUT2D eigenvalue weighted by Gasteiger charge is 2.15. The molecule has 2 aromatic carbocycles. The number of nitrogens with one attached hydrogen (secondary N) is 1. The maximum Gasteiger partial charge on any atom is 0.387 e. The van der Waals surface area contributed by atoms with Crippen LogP contribution in [-0.4, -0.2) is 33.1 Å². The van der Waals surface area contributed by atoms with Crippen LogP contribution in [0.5, 0.6) is 5.75 Å². The fraction of sp³-hybridized carbons (Fsp3) is 0.118. The Hall–Kier alpha value is -3.28. The van der Waals surface area contributed by atoms with Gasteiger partial charge < -0.3 is 15.9 Å². The number of ether oxygens (including phenoxy) is 1. The SMILES string of the molecule is Nn1c(SCC(=O)Nc2ccc(F)c(F)c2)nnc1-c1ccc(OC(F)F)cc1. The summed E-state index contributed by atoms with van der Waals surface area (Å²) in [6, 6.07) is 8.62. The third-order valence-corrected chi connectivity index (χ3v) is 4.48. The molecule has 1 heterocycles. The summed E-state index contributed by atoms with van der Waals surface area (Å²) in [5.74, 6) is 3.46. The molecule has 29 heavy (non-hydrogen) atoms. The predicted molar refractivity (Wildman–Crippen MR) is 98.0 cm³/mol. The Balaban J connectivity index is 1.62. The number of nitrogens with two attached hydrogens (primary N) is 1. The molecule has 0 aliphatic carbocycles. The van der Waals surface area contributed by atoms with Crippen LogP contribution in [0.3, 0.4) is 0 Å². The molecule has 3 N–H and O–H groups in total. The van der Waals surface area contributed by atoms with Gasteiger partial charge in [-0.1, -0.05) is 11.8 Å². The predicted octanol–water partition coefficient (Wildman–Crippen LogP) is 3.27. The smallest absolute Gasteiger partial charge is 0.387 e. The lowest BCUT2D eigenvalue weighted by atomic mass is 10.2. The molecular formula is C17H13F4N5O2S. The van der Waals surface area contributed by atoms with E-state index in [1.807, 2.05) is 0 Å². The Morgan fingerprint density at radius 3 is 2.52 bits per heavy atom. The quantitative estimate of drug-likeness (QED) is 0.341. The minimum Gasteiger partial charge on any atom is -0.435 e. The second kappa shape index (κ2) is 8.82. The Morgan fingerprint density at radius 2 is 1.86 bits per heavy atom. The molecule has 0 bridgehead atoms. The molecule has 3 rings (SSSR count). The third-order valence-electron chi connectivity index (χ3n) is 3.54. The van der Waals surface area contributed by atoms with E-state index in [1.165, 1.54) is 30.3 Å². The van der Waals surface area contributed by atoms with Gasteiger partial charge in [-0.15, -0.1) is 10.2 Å². The standard InChI is InChI=1S/C17H13F4N5O2S/c18-12-6-3-10(7-13(12)19)23-14(27)8-29-17-25-24-15(26(17)22)9-1-4-11(5-2-9)28-16(20)21/h1-7,16H,8,22H2,(H,23,27). The highest BCUT2D eigenvalue weighted by atomic mass is 32.2. The van der Waals surface area contributed by atoms with Gasteiger partial charge in [-0.25, -0.2) is 13.5 Å². The number of nitrogen functional groups attached to an aromatic ring is 1. The van der Waals surface area contributed by atoms with Crippen LogP contribution < -0.4 is 15.9 Å². The number of amides is 1. The summed E-state index contributed by atoms with van der Waals surface area (Å²) < 4.78 is 55.9. The van der Waals surface area contributed by atoms with E-state index in [1.54, 1.807) is 0 Å². The number of nitrogens with zero attached hydrogens (tertiary/aromatic N) is 3. The number of carbonyl (C=O) groups is 1. The molecule has 12 heteroatoms. The van der Waals surface area contributed by atoms with E-state index in [0.29, 0.717) is 5.56 Å². The van der Waals surface area contributed by atoms with E-state index in [0.717, 1.165) is 28.6 Å². The molecule has 1 amide bonds. The summed E-state index contributed by atoms with van der Waals surface area (Å²) in [5.41, 5.74) is 0.607. The van der Waals surface area contributed by atoms with E-state index in [-0.39, 0.29) is 28.2 Å². The number of thioether (sulfide) groups is 1. The van der Waals surface area contributed by atoms with Crippen molar-refractivity contribution in [2.45, 2.75) is 11.8 Å². The number of alkyl halides is 2. The van der Waals surface area contributed by atoms with Crippen LogP contribution >= 0.6 is 11.8 Å². The monoisotopic (exact) mass is 427 g/mol. The first-order valence-electron chi connectivity index (χ1n) is 7.97. The first-order chi connectivity index (χ1) is 13.8. The van der Waals surface area contributed by atoms with E-state index < -0.39 is 24.2 Å². The normalized spacial score (nSPS) is 10.9. The van der Waals surface area contributed by atoms with Crippen LogP contribution in [0.25, 0.3) is 11.4 Å². The summed E-state index contributed by atoms with van der Waals surface area (Å²) in [6.45, 7) is -2.93. The van der Waals surface area contributed by atoms with Gasteiger partial charge in [-0.3, -0.25) is 4.79 Å². The van der Waals surface area contributed by atoms with Gasteiger partial charge in [0.1, 0.15) is 5.75 Å². The van der Waals surface area contributed by atoms with Gasteiger partial charge in [-0.2, -0.15) is 8.78 Å². The maximum absolute atomic E-state index is 13.2. The molecule has 0 unspecified atom stereocenters. The van der Waals surface area contributed by atoms with Crippen molar-refractivity contribution in [2.75, 3.05) is 16.9 Å². The highest BCUT2D eigenvalue weighted by molar-refractivity contribution is 7.99. The van der Waals surface area contributed by atoms with E-state index in [9.17, 15) is 22.4 Å². The van der Waals surface area contributed by atoms with Crippen molar-refractivity contribution >= 4 is 23.4 Å². The van der Waals surface area contributed by atoms with E-state index in [4.69, 9.17) is 5.84 Å². The van der Waals surface area contributed by atoms with Crippen molar-refractivity contribution in [3.63, 3.8) is 0 Å². The van der Waals surface area contributed by atoms with E-state index >= 15 is 0 Å². The molecule has 0 radical (unpaired) electrons. The van der Waals surface area contributed by atoms with Gasteiger partial charge in [0.2, 0.25) is 11.1 Å². The largest absolute Gasteiger partial charge is 0.435 e. The number of benzene rings is 2. The second-order valence-electron chi connectivity index (χ2n) is 5.54. The van der Waals surface area contributed by atoms with Crippen molar-refractivity contribution in [1.29, 1.82) is 0 Å². The summed E-state index contributed by atoms with van der Waals surface area (Å²) in [6.07, 6.45) is 0. The Kier molecular flexibility index (Phi) is 6.22. The molecule has 152 valence electrons. The van der Waals surface area contributed by atoms with Gasteiger partial charge in [0.05, 0.1) is 5.75 Å². The number of hydrogen-bond donors (Lipinski definition) is 2. The highest BCUT2D eigenvalue weighted by Crippen LogP contribution is 2.24. The summed E-state index contributed by atoms with van der Waals surface area (Å²) in [5, 5.41) is 10.4. The minimum atomic E-state index is -2.93. The van der Waals surface area contributed by atoms with Gasteiger partial charge in [0.15, 0.2) is 17.5 Å². The number of anilines is 1. The lowest BCUT2D eigenvalue weighted by molar-refractivity contribution is -0.113. The minimum absolute atomic E-state index is 0.0182. The fourth-order valence-corrected chi connectivity index (χ4v) is 2.92. The second-order valence-corrected chi connectivity index (χ2v) is 6.49. The van der Waals surface area contributed by atoms with Crippen molar-refractivity contribution < 1.29 is 27.1 Å². The van der Waals surface area contributed by atoms with Crippen LogP contribution in [0, 0.1) is 11.6 Å². The van der Waals surface area contributed by atoms with Gasteiger partial charge >= 0.3 is 6.61 Å². The summed E-state index contributed by atoms with van der Waals surface area (Å²) >= 11 is 0.969. The fourth-order valence-electron chi connectivity index (χ4n) is 2.26. The van der Waals surface area contributed by atoms with Gasteiger partial charge in [-0.05, 0) is 36.4 Å². The molecule has 0 aliphatic rings. The number of rotatable bonds is 7. The molecule has 0 fully saturated rings. The maximum atomic E-state index is 13.2. The van der Waals surface area contributed by atoms with Crippen LogP contribution in [0.15, 0.2) is 47.6 Å². The van der Waals surface area contributed by atoms with Crippen LogP contribution in [-0.2, 0) is 4.79 Å². The molecule has 7 nitrogen and oxygen atoms in total. The third kappa shape index (κ3) is 5.16. The van der Waals surface area contributed by atoms with Crippen molar-refractivity contribution in [1.82, 2.24) is 14.9 Å². The van der Waals surface area contributed by atoms with E-state index in [2.05, 4.69) is 20.3 Å². The zero-order valence-electron chi connectivity index (χ0n) is 14.5. The summed E-state index contributed by atoms with van der Waals surface area (Å²) in [7, 11) is 0. The molecule has 0 saturated carbocycles. The van der Waals surface area contributed by atoms with Crippen molar-refractivity contribution in [3.05, 3.63) is 54.1 Å². The van der Waals surface area contributed by atoms with Crippen molar-refractivity contribution in [2.24, 2.45) is 0 Å². The number of aromatic nitrogens is 3. The lowest BCUT2D eigenvalue weighted by Gasteiger charge is -2.07. The zero-order chi connectivity index (χ0) is 21.0. The molecule has 0 saturated heterocycles. The van der Waals surface area contributed by atoms with Crippen LogP contribution in [0.4, 0.5) is 23.2 Å². The number of carbonyl (C=O) groups excluding carboxylic acids is 1. The van der Waals surface area contributed by atoms with Gasteiger partial charge in [0.25, 0.3) is 0 Å². The zero-order valence-corrected chi connectivity index (χ0v) is 15.3. The average Bonchev–Trinajstić information content (AvgIpc) is 3.04. The summed E-state index contributed by atoms with van der Waals surface area (Å²) in [4.78, 5) is 12.0. The van der Waals surface area contributed by atoms with Crippen molar-refractivity contribution in [3.8, 4) is 17.1 Å². The average molecular weight is 427 g/mol. The van der Waals surface area contributed by atoms with Crippen LogP contribution in [0.1, 0.15) is 0 Å². The van der Waals surface area contributed by atoms with Gasteiger partial charge in [0, 0.05) is 17.3 Å². The topological polar surface area (TPSA) is 95.1 Å². The Morgan fingerprint density at radius 1 is 1.14 bits per heavy atom. The van der Waals surface area contributed by atoms with Crippen LogP contribution in [0.2, 0.25) is 0 Å². The molecule has 0 atom stereocenters. The number of halogens is 4. The Labute approximate surface area is 165 Å². The first kappa shape index (κ1) is 20.5. The molecule has 0 spiro atoms. The molecule has 0 aliphatic heterocycles. The lowest BCUT2D eigenvalue weighted by Crippen LogP contribution is -2.16.